The van der Waals surface area contributed by atoms with Crippen molar-refractivity contribution in [2.75, 3.05) is 19.3 Å². The number of hydrogen-bond acceptors (Lipinski definition) is 2. The molecule has 1 fully saturated rings. The van der Waals surface area contributed by atoms with Crippen LogP contribution in [0.4, 0.5) is 5.69 Å². The number of piperidine rings is 1. The molecule has 2 aliphatic rings. The Bertz CT molecular complexity index is 712. The molecule has 0 radical (unpaired) electrons. The Morgan fingerprint density at radius 3 is 2.73 bits per heavy atom. The van der Waals surface area contributed by atoms with Gasteiger partial charge in [-0.05, 0) is 67.2 Å². The topological polar surface area (TPSA) is 29.3 Å². The zero-order valence-electron chi connectivity index (χ0n) is 12.8. The molecule has 2 N–H and O–H groups in total. The summed E-state index contributed by atoms with van der Waals surface area (Å²) in [6.45, 7) is 1.17. The summed E-state index contributed by atoms with van der Waals surface area (Å²) < 4.78 is 0. The van der Waals surface area contributed by atoms with Crippen molar-refractivity contribution in [3.63, 3.8) is 0 Å². The molecule has 1 heterocycles. The minimum atomic E-state index is 0.364. The fourth-order valence-corrected chi connectivity index (χ4v) is 4.71. The highest BCUT2D eigenvalue weighted by Crippen LogP contribution is 2.55. The highest BCUT2D eigenvalue weighted by atomic mass is 35.5. The molecular weight excluding hydrogens is 292 g/mol. The van der Waals surface area contributed by atoms with E-state index in [1.165, 1.54) is 36.1 Å². The summed E-state index contributed by atoms with van der Waals surface area (Å²) in [6.07, 6.45) is 2.50. The second-order valence-corrected chi connectivity index (χ2v) is 7.05. The van der Waals surface area contributed by atoms with E-state index in [4.69, 9.17) is 17.3 Å². The third-order valence-electron chi connectivity index (χ3n) is 5.39. The van der Waals surface area contributed by atoms with Crippen LogP contribution in [0.2, 0.25) is 5.02 Å². The molecule has 4 rings (SSSR count). The van der Waals surface area contributed by atoms with Gasteiger partial charge in [-0.3, -0.25) is 4.90 Å². The van der Waals surface area contributed by atoms with Gasteiger partial charge < -0.3 is 5.73 Å². The lowest BCUT2D eigenvalue weighted by Crippen LogP contribution is -2.34. The SMILES string of the molecule is CN1CCCC2C(c3ccccc3N)c3cc(Cl)ccc3C21. The first-order valence-corrected chi connectivity index (χ1v) is 8.38. The number of anilines is 1. The average molecular weight is 313 g/mol. The quantitative estimate of drug-likeness (QED) is 0.788. The Balaban J connectivity index is 1.91. The Morgan fingerprint density at radius 2 is 1.91 bits per heavy atom. The van der Waals surface area contributed by atoms with E-state index in [1.54, 1.807) is 0 Å². The maximum absolute atomic E-state index is 6.31. The Kier molecular flexibility index (Phi) is 3.39. The summed E-state index contributed by atoms with van der Waals surface area (Å²) in [5, 5.41) is 0.819. The number of para-hydroxylation sites is 1. The number of rotatable bonds is 1. The van der Waals surface area contributed by atoms with E-state index in [-0.39, 0.29) is 0 Å². The standard InChI is InChI=1S/C19H21ClN2/c1-22-10-4-6-15-18(14-5-2-3-7-17(14)21)16-11-12(20)8-9-13(16)19(15)22/h2-3,5,7-9,11,15,18-19H,4,6,10,21H2,1H3. The zero-order valence-corrected chi connectivity index (χ0v) is 13.6. The number of likely N-dealkylation sites (tertiary alicyclic amines) is 1. The normalized spacial score (nSPS) is 27.5. The van der Waals surface area contributed by atoms with Gasteiger partial charge in [0.15, 0.2) is 0 Å². The largest absolute Gasteiger partial charge is 0.398 e. The number of nitrogens with zero attached hydrogens (tertiary/aromatic N) is 1. The van der Waals surface area contributed by atoms with E-state index in [0.29, 0.717) is 17.9 Å². The molecule has 2 aromatic carbocycles. The molecule has 2 nitrogen and oxygen atoms in total. The minimum Gasteiger partial charge on any atom is -0.398 e. The van der Waals surface area contributed by atoms with Gasteiger partial charge in [-0.15, -0.1) is 0 Å². The van der Waals surface area contributed by atoms with Crippen molar-refractivity contribution in [2.45, 2.75) is 24.8 Å². The van der Waals surface area contributed by atoms with Crippen LogP contribution in [0.3, 0.4) is 0 Å². The molecule has 3 atom stereocenters. The monoisotopic (exact) mass is 312 g/mol. The van der Waals surface area contributed by atoms with E-state index in [0.717, 1.165) is 10.7 Å². The zero-order chi connectivity index (χ0) is 15.3. The first-order chi connectivity index (χ1) is 10.7. The fraction of sp³-hybridized carbons (Fsp3) is 0.368. The molecule has 0 bridgehead atoms. The summed E-state index contributed by atoms with van der Waals surface area (Å²) >= 11 is 6.30. The van der Waals surface area contributed by atoms with Crippen molar-refractivity contribution in [3.8, 4) is 0 Å². The predicted octanol–water partition coefficient (Wildman–Crippen LogP) is 4.45. The van der Waals surface area contributed by atoms with E-state index in [9.17, 15) is 0 Å². The molecule has 1 aliphatic heterocycles. The summed E-state index contributed by atoms with van der Waals surface area (Å²) in [4.78, 5) is 2.50. The number of nitrogen functional groups attached to an aromatic ring is 1. The molecule has 0 aromatic heterocycles. The minimum absolute atomic E-state index is 0.364. The maximum atomic E-state index is 6.31. The van der Waals surface area contributed by atoms with E-state index >= 15 is 0 Å². The molecule has 22 heavy (non-hydrogen) atoms. The van der Waals surface area contributed by atoms with Gasteiger partial charge in [-0.25, -0.2) is 0 Å². The lowest BCUT2D eigenvalue weighted by Gasteiger charge is -2.37. The van der Waals surface area contributed by atoms with Crippen molar-refractivity contribution >= 4 is 17.3 Å². The van der Waals surface area contributed by atoms with Crippen LogP contribution in [0.5, 0.6) is 0 Å². The molecule has 0 amide bonds. The number of benzene rings is 2. The highest BCUT2D eigenvalue weighted by molar-refractivity contribution is 6.30. The van der Waals surface area contributed by atoms with Gasteiger partial charge >= 0.3 is 0 Å². The first kappa shape index (κ1) is 14.1. The predicted molar refractivity (Wildman–Crippen MR) is 92.2 cm³/mol. The van der Waals surface area contributed by atoms with Gasteiger partial charge in [0.2, 0.25) is 0 Å². The van der Waals surface area contributed by atoms with Gasteiger partial charge in [0.05, 0.1) is 0 Å². The second-order valence-electron chi connectivity index (χ2n) is 6.61. The summed E-state index contributed by atoms with van der Waals surface area (Å²) in [5.74, 6) is 0.958. The molecule has 1 saturated heterocycles. The third-order valence-corrected chi connectivity index (χ3v) is 5.63. The van der Waals surface area contributed by atoms with Crippen LogP contribution in [0.25, 0.3) is 0 Å². The first-order valence-electron chi connectivity index (χ1n) is 8.01. The van der Waals surface area contributed by atoms with E-state index in [1.807, 2.05) is 18.2 Å². The van der Waals surface area contributed by atoms with E-state index < -0.39 is 0 Å². The number of fused-ring (bicyclic) bond motifs is 3. The second kappa shape index (κ2) is 5.29. The number of halogens is 1. The smallest absolute Gasteiger partial charge is 0.0409 e. The van der Waals surface area contributed by atoms with Gasteiger partial charge in [-0.1, -0.05) is 35.9 Å². The van der Waals surface area contributed by atoms with Crippen LogP contribution in [0, 0.1) is 5.92 Å². The molecule has 2 aromatic rings. The van der Waals surface area contributed by atoms with Gasteiger partial charge in [0, 0.05) is 22.7 Å². The van der Waals surface area contributed by atoms with Crippen LogP contribution in [-0.2, 0) is 0 Å². The van der Waals surface area contributed by atoms with Crippen molar-refractivity contribution in [3.05, 3.63) is 64.2 Å². The van der Waals surface area contributed by atoms with Crippen LogP contribution in [-0.4, -0.2) is 18.5 Å². The van der Waals surface area contributed by atoms with Crippen molar-refractivity contribution in [1.82, 2.24) is 4.90 Å². The van der Waals surface area contributed by atoms with Crippen LogP contribution >= 0.6 is 11.6 Å². The molecule has 1 aliphatic carbocycles. The van der Waals surface area contributed by atoms with Crippen LogP contribution in [0.1, 0.15) is 41.5 Å². The number of nitrogens with two attached hydrogens (primary N) is 1. The van der Waals surface area contributed by atoms with Crippen molar-refractivity contribution < 1.29 is 0 Å². The third kappa shape index (κ3) is 2.05. The lowest BCUT2D eigenvalue weighted by atomic mass is 9.79. The summed E-state index contributed by atoms with van der Waals surface area (Å²) in [6, 6.07) is 15.2. The molecular formula is C19H21ClN2. The molecule has 3 heteroatoms. The molecule has 114 valence electrons. The number of hydrogen-bond donors (Lipinski definition) is 1. The summed E-state index contributed by atoms with van der Waals surface area (Å²) in [7, 11) is 2.24. The van der Waals surface area contributed by atoms with E-state index in [2.05, 4.69) is 36.2 Å². The Labute approximate surface area is 136 Å². The Morgan fingerprint density at radius 1 is 1.09 bits per heavy atom. The van der Waals surface area contributed by atoms with Gasteiger partial charge in [0.1, 0.15) is 0 Å². The van der Waals surface area contributed by atoms with Crippen LogP contribution < -0.4 is 5.73 Å². The highest BCUT2D eigenvalue weighted by Gasteiger charge is 2.45. The van der Waals surface area contributed by atoms with Crippen LogP contribution in [0.15, 0.2) is 42.5 Å². The maximum Gasteiger partial charge on any atom is 0.0409 e. The molecule has 0 spiro atoms. The Hall–Kier alpha value is -1.51. The van der Waals surface area contributed by atoms with Crippen molar-refractivity contribution in [2.24, 2.45) is 5.92 Å². The average Bonchev–Trinajstić information content (AvgIpc) is 2.82. The van der Waals surface area contributed by atoms with Crippen molar-refractivity contribution in [1.29, 1.82) is 0 Å². The fourth-order valence-electron chi connectivity index (χ4n) is 4.52. The molecule has 0 saturated carbocycles. The van der Waals surface area contributed by atoms with Gasteiger partial charge in [0.25, 0.3) is 0 Å². The lowest BCUT2D eigenvalue weighted by molar-refractivity contribution is 0.127. The van der Waals surface area contributed by atoms with Gasteiger partial charge in [-0.2, -0.15) is 0 Å². The summed E-state index contributed by atoms with van der Waals surface area (Å²) in [5.41, 5.74) is 11.3. The molecule has 3 unspecified atom stereocenters.